The number of hydrogen-bond donors (Lipinski definition) is 2. The number of carbonyl (C=O) groups excluding carboxylic acids is 1. The van der Waals surface area contributed by atoms with E-state index in [1.807, 2.05) is 0 Å². The van der Waals surface area contributed by atoms with Crippen molar-refractivity contribution >= 4 is 5.78 Å². The molecule has 0 radical (unpaired) electrons. The van der Waals surface area contributed by atoms with Crippen molar-refractivity contribution in [3.63, 3.8) is 0 Å². The Balaban J connectivity index is 1.36. The fourth-order valence-electron chi connectivity index (χ4n) is 10.8. The fraction of sp³-hybridized carbons (Fsp3) is 0.966. The van der Waals surface area contributed by atoms with Gasteiger partial charge in [-0.1, -0.05) is 48.0 Å². The minimum Gasteiger partial charge on any atom is -0.390 e. The van der Waals surface area contributed by atoms with Crippen molar-refractivity contribution in [2.24, 2.45) is 63.6 Å². The molecule has 0 aromatic heterocycles. The summed E-state index contributed by atoms with van der Waals surface area (Å²) >= 11 is 0. The van der Waals surface area contributed by atoms with E-state index in [1.165, 1.54) is 38.5 Å². The second kappa shape index (κ2) is 7.54. The highest BCUT2D eigenvalue weighted by Gasteiger charge is 2.77. The highest BCUT2D eigenvalue weighted by molar-refractivity contribution is 5.91. The van der Waals surface area contributed by atoms with Gasteiger partial charge in [0.1, 0.15) is 5.78 Å². The van der Waals surface area contributed by atoms with Crippen LogP contribution in [0.4, 0.5) is 0 Å². The zero-order valence-electron chi connectivity index (χ0n) is 21.4. The van der Waals surface area contributed by atoms with E-state index in [9.17, 15) is 15.0 Å². The molecule has 32 heavy (non-hydrogen) atoms. The summed E-state index contributed by atoms with van der Waals surface area (Å²) in [5, 5.41) is 22.3. The maximum Gasteiger partial charge on any atom is 0.140 e. The van der Waals surface area contributed by atoms with Crippen LogP contribution in [0.3, 0.4) is 0 Å². The average molecular weight is 445 g/mol. The van der Waals surface area contributed by atoms with E-state index in [1.54, 1.807) is 0 Å². The van der Waals surface area contributed by atoms with E-state index in [-0.39, 0.29) is 28.1 Å². The summed E-state index contributed by atoms with van der Waals surface area (Å²) in [5.41, 5.74) is 0.521. The maximum atomic E-state index is 13.5. The largest absolute Gasteiger partial charge is 0.390 e. The zero-order chi connectivity index (χ0) is 23.2. The van der Waals surface area contributed by atoms with E-state index >= 15 is 0 Å². The van der Waals surface area contributed by atoms with Crippen molar-refractivity contribution in [3.8, 4) is 0 Å². The van der Waals surface area contributed by atoms with E-state index in [0.29, 0.717) is 35.4 Å². The molecule has 0 heterocycles. The van der Waals surface area contributed by atoms with Crippen molar-refractivity contribution in [2.45, 2.75) is 112 Å². The Kier molecular flexibility index (Phi) is 5.50. The summed E-state index contributed by atoms with van der Waals surface area (Å²) in [6.45, 7) is 13.6. The molecule has 182 valence electrons. The van der Waals surface area contributed by atoms with Crippen LogP contribution < -0.4 is 0 Å². The Labute approximate surface area is 196 Å². The number of Topliss-reactive ketones (excluding diaryl/α,β-unsaturated/α-hetero) is 1. The number of ketones is 1. The molecule has 3 heteroatoms. The standard InChI is InChI=1S/C29H48O3/c1-7-19(16(2)3)26(32)25(31)17(4)21-8-9-22-20-14-24(30)29-15-18(29)10-13-28(29,6)23(20)11-12-27(21,22)5/h16-23,25-26,31-32H,7-15H2,1-6H3/t17-,18+,19+,20-,21+,22-,23-,25-,26-,27+,28+,29-/m0/s1. The molecule has 0 unspecified atom stereocenters. The lowest BCUT2D eigenvalue weighted by Gasteiger charge is -2.58. The first kappa shape index (κ1) is 23.3. The highest BCUT2D eigenvalue weighted by atomic mass is 16.3. The van der Waals surface area contributed by atoms with Crippen molar-refractivity contribution in [1.82, 2.24) is 0 Å². The van der Waals surface area contributed by atoms with Gasteiger partial charge < -0.3 is 10.2 Å². The zero-order valence-corrected chi connectivity index (χ0v) is 21.4. The predicted molar refractivity (Wildman–Crippen MR) is 128 cm³/mol. The van der Waals surface area contributed by atoms with E-state index < -0.39 is 12.2 Å². The van der Waals surface area contributed by atoms with Gasteiger partial charge >= 0.3 is 0 Å². The molecule has 0 aromatic rings. The smallest absolute Gasteiger partial charge is 0.140 e. The van der Waals surface area contributed by atoms with Crippen LogP contribution in [0.25, 0.3) is 0 Å². The first-order valence-electron chi connectivity index (χ1n) is 13.9. The van der Waals surface area contributed by atoms with E-state index in [4.69, 9.17) is 0 Å². The Morgan fingerprint density at radius 3 is 2.31 bits per heavy atom. The molecule has 5 rings (SSSR count). The Hall–Kier alpha value is -0.410. The number of hydrogen-bond acceptors (Lipinski definition) is 3. The van der Waals surface area contributed by atoms with Gasteiger partial charge in [0.25, 0.3) is 0 Å². The lowest BCUT2D eigenvalue weighted by atomic mass is 9.45. The summed E-state index contributed by atoms with van der Waals surface area (Å²) in [7, 11) is 0. The molecule has 0 aromatic carbocycles. The van der Waals surface area contributed by atoms with Gasteiger partial charge in [0.05, 0.1) is 12.2 Å². The van der Waals surface area contributed by atoms with Crippen molar-refractivity contribution in [3.05, 3.63) is 0 Å². The molecule has 3 nitrogen and oxygen atoms in total. The third-order valence-corrected chi connectivity index (χ3v) is 12.7. The van der Waals surface area contributed by atoms with Crippen molar-refractivity contribution < 1.29 is 15.0 Å². The van der Waals surface area contributed by atoms with Crippen LogP contribution >= 0.6 is 0 Å². The predicted octanol–water partition coefficient (Wildman–Crippen LogP) is 5.86. The normalized spacial score (nSPS) is 50.8. The summed E-state index contributed by atoms with van der Waals surface area (Å²) < 4.78 is 0. The molecule has 5 aliphatic carbocycles. The first-order chi connectivity index (χ1) is 15.0. The molecule has 5 fully saturated rings. The highest BCUT2D eigenvalue weighted by Crippen LogP contribution is 2.80. The van der Waals surface area contributed by atoms with Gasteiger partial charge in [0.2, 0.25) is 0 Å². The van der Waals surface area contributed by atoms with Gasteiger partial charge in [0.15, 0.2) is 0 Å². The molecule has 0 amide bonds. The maximum absolute atomic E-state index is 13.5. The molecule has 0 bridgehead atoms. The Morgan fingerprint density at radius 1 is 0.969 bits per heavy atom. The van der Waals surface area contributed by atoms with Crippen molar-refractivity contribution in [1.29, 1.82) is 0 Å². The third-order valence-electron chi connectivity index (χ3n) is 12.7. The van der Waals surface area contributed by atoms with Crippen LogP contribution in [0.1, 0.15) is 99.3 Å². The van der Waals surface area contributed by atoms with Crippen LogP contribution in [0, 0.1) is 63.6 Å². The quantitative estimate of drug-likeness (QED) is 0.539. The van der Waals surface area contributed by atoms with Gasteiger partial charge in [0, 0.05) is 11.8 Å². The number of aliphatic hydroxyl groups is 2. The third kappa shape index (κ3) is 2.82. The van der Waals surface area contributed by atoms with Gasteiger partial charge in [-0.3, -0.25) is 4.79 Å². The first-order valence-corrected chi connectivity index (χ1v) is 13.9. The molecule has 2 N–H and O–H groups in total. The molecule has 0 aliphatic heterocycles. The summed E-state index contributed by atoms with van der Waals surface area (Å²) in [6, 6.07) is 0. The molecule has 5 aliphatic rings. The van der Waals surface area contributed by atoms with Crippen LogP contribution in [-0.4, -0.2) is 28.2 Å². The summed E-state index contributed by atoms with van der Waals surface area (Å²) in [4.78, 5) is 13.5. The van der Waals surface area contributed by atoms with Crippen LogP contribution in [0.2, 0.25) is 0 Å². The molecule has 5 saturated carbocycles. The topological polar surface area (TPSA) is 57.5 Å². The lowest BCUT2D eigenvalue weighted by Crippen LogP contribution is -2.55. The van der Waals surface area contributed by atoms with E-state index in [2.05, 4.69) is 41.5 Å². The van der Waals surface area contributed by atoms with Crippen LogP contribution in [-0.2, 0) is 4.79 Å². The van der Waals surface area contributed by atoms with Crippen molar-refractivity contribution in [2.75, 3.05) is 0 Å². The van der Waals surface area contributed by atoms with Crippen LogP contribution in [0.15, 0.2) is 0 Å². The minimum absolute atomic E-state index is 0.0690. The Bertz CT molecular complexity index is 762. The molecule has 0 saturated heterocycles. The summed E-state index contributed by atoms with van der Waals surface area (Å²) in [6.07, 6.45) is 9.02. The van der Waals surface area contributed by atoms with E-state index in [0.717, 1.165) is 25.2 Å². The number of fused-ring (bicyclic) bond motifs is 4. The number of aliphatic hydroxyl groups excluding tert-OH is 2. The number of carbonyl (C=O) groups is 1. The molecular formula is C29H48O3. The SMILES string of the molecule is CC[C@H](C(C)C)[C@H](O)[C@@H](O)[C@@H](C)[C@H]1CC[C@H]2[C@@H]3CC(=O)[C@]45C[C@H]4CC[C@]5(C)[C@H]3CC[C@]12C. The second-order valence-electron chi connectivity index (χ2n) is 13.7. The van der Waals surface area contributed by atoms with Crippen LogP contribution in [0.5, 0.6) is 0 Å². The minimum atomic E-state index is -0.656. The average Bonchev–Trinajstić information content (AvgIpc) is 3.27. The second-order valence-corrected chi connectivity index (χ2v) is 13.7. The fourth-order valence-corrected chi connectivity index (χ4v) is 10.8. The number of rotatable bonds is 6. The monoisotopic (exact) mass is 444 g/mol. The van der Waals surface area contributed by atoms with Gasteiger partial charge in [-0.15, -0.1) is 0 Å². The summed E-state index contributed by atoms with van der Waals surface area (Å²) in [5.74, 6) is 4.27. The Morgan fingerprint density at radius 2 is 1.69 bits per heavy atom. The molecule has 1 spiro atoms. The van der Waals surface area contributed by atoms with Gasteiger partial charge in [-0.05, 0) is 103 Å². The lowest BCUT2D eigenvalue weighted by molar-refractivity contribution is -0.153. The van der Waals surface area contributed by atoms with Gasteiger partial charge in [-0.2, -0.15) is 0 Å². The molecular weight excluding hydrogens is 396 g/mol. The van der Waals surface area contributed by atoms with Gasteiger partial charge in [-0.25, -0.2) is 0 Å². The molecule has 12 atom stereocenters.